The van der Waals surface area contributed by atoms with Crippen LogP contribution in [0.4, 0.5) is 0 Å². The molecule has 0 aliphatic carbocycles. The number of esters is 1. The molecule has 0 unspecified atom stereocenters. The van der Waals surface area contributed by atoms with Crippen LogP contribution in [0.5, 0.6) is 5.75 Å². The normalized spacial score (nSPS) is 9.94. The summed E-state index contributed by atoms with van der Waals surface area (Å²) in [6.45, 7) is 1.35. The zero-order chi connectivity index (χ0) is 12.3. The fourth-order valence-electron chi connectivity index (χ4n) is 1.54. The van der Waals surface area contributed by atoms with E-state index in [0.717, 1.165) is 12.0 Å². The van der Waals surface area contributed by atoms with E-state index in [2.05, 4.69) is 0 Å². The lowest BCUT2D eigenvalue weighted by molar-refractivity contribution is -0.131. The van der Waals surface area contributed by atoms with Crippen molar-refractivity contribution in [3.63, 3.8) is 0 Å². The molecule has 86 valence electrons. The predicted octanol–water partition coefficient (Wildman–Crippen LogP) is 2.22. The Labute approximate surface area is 98.4 Å². The van der Waals surface area contributed by atoms with Gasteiger partial charge in [-0.15, -0.1) is 0 Å². The first-order valence-corrected chi connectivity index (χ1v) is 5.11. The third-order valence-electron chi connectivity index (χ3n) is 2.25. The van der Waals surface area contributed by atoms with Crippen LogP contribution in [0.25, 0.3) is 5.69 Å². The van der Waals surface area contributed by atoms with E-state index in [9.17, 15) is 9.59 Å². The van der Waals surface area contributed by atoms with Gasteiger partial charge in [0.1, 0.15) is 0 Å². The van der Waals surface area contributed by atoms with Gasteiger partial charge in [0.25, 0.3) is 0 Å². The zero-order valence-corrected chi connectivity index (χ0v) is 9.29. The molecule has 0 bridgehead atoms. The van der Waals surface area contributed by atoms with Gasteiger partial charge in [-0.3, -0.25) is 9.59 Å². The molecular weight excluding hydrogens is 218 g/mol. The number of hydrogen-bond donors (Lipinski definition) is 0. The number of rotatable bonds is 3. The van der Waals surface area contributed by atoms with E-state index in [1.54, 1.807) is 35.2 Å². The van der Waals surface area contributed by atoms with E-state index in [1.165, 1.54) is 6.92 Å². The summed E-state index contributed by atoms with van der Waals surface area (Å²) in [5, 5.41) is 0. The Morgan fingerprint density at radius 1 is 1.29 bits per heavy atom. The quantitative estimate of drug-likeness (QED) is 0.460. The predicted molar refractivity (Wildman–Crippen MR) is 62.5 cm³/mol. The highest BCUT2D eigenvalue weighted by Gasteiger charge is 2.07. The van der Waals surface area contributed by atoms with Crippen LogP contribution in [0, 0.1) is 0 Å². The Bertz CT molecular complexity index is 557. The van der Waals surface area contributed by atoms with Crippen molar-refractivity contribution in [1.82, 2.24) is 4.57 Å². The molecule has 17 heavy (non-hydrogen) atoms. The van der Waals surface area contributed by atoms with Crippen LogP contribution in [0.15, 0.2) is 42.7 Å². The summed E-state index contributed by atoms with van der Waals surface area (Å²) in [6, 6.07) is 8.83. The van der Waals surface area contributed by atoms with Crippen molar-refractivity contribution in [2.45, 2.75) is 6.92 Å². The van der Waals surface area contributed by atoms with Gasteiger partial charge < -0.3 is 9.30 Å². The molecule has 0 amide bonds. The maximum Gasteiger partial charge on any atom is 0.308 e. The smallest absolute Gasteiger partial charge is 0.308 e. The summed E-state index contributed by atoms with van der Waals surface area (Å²) in [6.07, 6.45) is 4.19. The molecule has 0 saturated carbocycles. The maximum absolute atomic E-state index is 11.0. The highest BCUT2D eigenvalue weighted by Crippen LogP contribution is 2.23. The van der Waals surface area contributed by atoms with Crippen LogP contribution in [0.2, 0.25) is 0 Å². The van der Waals surface area contributed by atoms with Crippen LogP contribution >= 0.6 is 0 Å². The number of ether oxygens (including phenoxy) is 1. The number of carbonyl (C=O) groups is 2. The number of hydrogen-bond acceptors (Lipinski definition) is 3. The number of para-hydroxylation sites is 2. The van der Waals surface area contributed by atoms with Gasteiger partial charge >= 0.3 is 5.97 Å². The average Bonchev–Trinajstić information content (AvgIpc) is 2.77. The third-order valence-corrected chi connectivity index (χ3v) is 2.25. The molecule has 0 atom stereocenters. The highest BCUT2D eigenvalue weighted by molar-refractivity contribution is 5.75. The van der Waals surface area contributed by atoms with Crippen molar-refractivity contribution in [3.05, 3.63) is 48.3 Å². The molecule has 1 aromatic heterocycles. The summed E-state index contributed by atoms with van der Waals surface area (Å²) in [7, 11) is 0. The first kappa shape index (κ1) is 11.1. The summed E-state index contributed by atoms with van der Waals surface area (Å²) in [4.78, 5) is 21.6. The van der Waals surface area contributed by atoms with Crippen molar-refractivity contribution >= 4 is 12.3 Å². The molecule has 2 rings (SSSR count). The molecular formula is C13H11NO3. The van der Waals surface area contributed by atoms with Gasteiger partial charge in [-0.2, -0.15) is 0 Å². The van der Waals surface area contributed by atoms with Gasteiger partial charge in [-0.05, 0) is 18.2 Å². The Hall–Kier alpha value is -2.36. The lowest BCUT2D eigenvalue weighted by Crippen LogP contribution is -2.04. The van der Waals surface area contributed by atoms with E-state index < -0.39 is 0 Å². The Morgan fingerprint density at radius 2 is 2.06 bits per heavy atom. The molecule has 0 fully saturated rings. The summed E-state index contributed by atoms with van der Waals surface area (Å²) in [5.74, 6) is 0.0910. The second-order valence-electron chi connectivity index (χ2n) is 3.53. The lowest BCUT2D eigenvalue weighted by atomic mass is 10.3. The van der Waals surface area contributed by atoms with E-state index in [4.69, 9.17) is 4.74 Å². The largest absolute Gasteiger partial charge is 0.424 e. The average molecular weight is 229 g/mol. The SMILES string of the molecule is CC(=O)Oc1ccccc1-n1ccc(C=O)c1. The number of aldehydes is 1. The minimum Gasteiger partial charge on any atom is -0.424 e. The Morgan fingerprint density at radius 3 is 2.71 bits per heavy atom. The van der Waals surface area contributed by atoms with E-state index in [-0.39, 0.29) is 5.97 Å². The van der Waals surface area contributed by atoms with Gasteiger partial charge in [0, 0.05) is 24.9 Å². The monoisotopic (exact) mass is 229 g/mol. The second kappa shape index (κ2) is 4.65. The molecule has 2 aromatic rings. The first-order valence-electron chi connectivity index (χ1n) is 5.11. The van der Waals surface area contributed by atoms with Gasteiger partial charge in [0.05, 0.1) is 5.69 Å². The minimum absolute atomic E-state index is 0.375. The molecule has 0 spiro atoms. The lowest BCUT2D eigenvalue weighted by Gasteiger charge is -2.09. The molecule has 0 aliphatic rings. The topological polar surface area (TPSA) is 48.3 Å². The zero-order valence-electron chi connectivity index (χ0n) is 9.29. The summed E-state index contributed by atoms with van der Waals surface area (Å²) in [5.41, 5.74) is 1.29. The number of carbonyl (C=O) groups excluding carboxylic acids is 2. The molecule has 1 aromatic carbocycles. The maximum atomic E-state index is 11.0. The number of benzene rings is 1. The van der Waals surface area contributed by atoms with Gasteiger partial charge in [-0.1, -0.05) is 12.1 Å². The minimum atomic E-state index is -0.375. The second-order valence-corrected chi connectivity index (χ2v) is 3.53. The van der Waals surface area contributed by atoms with Crippen LogP contribution in [-0.4, -0.2) is 16.8 Å². The van der Waals surface area contributed by atoms with E-state index in [0.29, 0.717) is 11.3 Å². The van der Waals surface area contributed by atoms with Crippen molar-refractivity contribution in [3.8, 4) is 11.4 Å². The van der Waals surface area contributed by atoms with Gasteiger partial charge in [-0.25, -0.2) is 0 Å². The standard InChI is InChI=1S/C13H11NO3/c1-10(16)17-13-5-3-2-4-12(13)14-7-6-11(8-14)9-15/h2-9H,1H3. The fourth-order valence-corrected chi connectivity index (χ4v) is 1.54. The molecule has 0 saturated heterocycles. The van der Waals surface area contributed by atoms with Crippen molar-refractivity contribution < 1.29 is 14.3 Å². The molecule has 4 nitrogen and oxygen atoms in total. The number of aromatic nitrogens is 1. The summed E-state index contributed by atoms with van der Waals surface area (Å²) >= 11 is 0. The van der Waals surface area contributed by atoms with E-state index in [1.807, 2.05) is 12.1 Å². The summed E-state index contributed by atoms with van der Waals surface area (Å²) < 4.78 is 6.83. The molecule has 0 radical (unpaired) electrons. The first-order chi connectivity index (χ1) is 8.20. The van der Waals surface area contributed by atoms with Crippen molar-refractivity contribution in [2.75, 3.05) is 0 Å². The van der Waals surface area contributed by atoms with E-state index >= 15 is 0 Å². The molecule has 0 aliphatic heterocycles. The molecule has 0 N–H and O–H groups in total. The fraction of sp³-hybridized carbons (Fsp3) is 0.0769. The van der Waals surface area contributed by atoms with Gasteiger partial charge in [0.2, 0.25) is 0 Å². The van der Waals surface area contributed by atoms with Crippen LogP contribution in [0.1, 0.15) is 17.3 Å². The van der Waals surface area contributed by atoms with Crippen molar-refractivity contribution in [2.24, 2.45) is 0 Å². The Kier molecular flexibility index (Phi) is 3.05. The van der Waals surface area contributed by atoms with Crippen LogP contribution in [0.3, 0.4) is 0 Å². The van der Waals surface area contributed by atoms with Crippen LogP contribution < -0.4 is 4.74 Å². The van der Waals surface area contributed by atoms with Crippen molar-refractivity contribution in [1.29, 1.82) is 0 Å². The molecule has 1 heterocycles. The number of nitrogens with zero attached hydrogens (tertiary/aromatic N) is 1. The Balaban J connectivity index is 2.43. The molecule has 4 heteroatoms. The third kappa shape index (κ3) is 2.42. The van der Waals surface area contributed by atoms with Gasteiger partial charge in [0.15, 0.2) is 12.0 Å². The highest BCUT2D eigenvalue weighted by atomic mass is 16.5. The van der Waals surface area contributed by atoms with Crippen LogP contribution in [-0.2, 0) is 4.79 Å².